The molecule has 2 saturated heterocycles. The number of nitrogens with one attached hydrogen (secondary N) is 1. The summed E-state index contributed by atoms with van der Waals surface area (Å²) in [5.41, 5.74) is 0.505. The third-order valence-corrected chi connectivity index (χ3v) is 4.87. The van der Waals surface area contributed by atoms with Crippen molar-refractivity contribution in [3.05, 3.63) is 29.8 Å². The minimum atomic E-state index is -0.642. The Kier molecular flexibility index (Phi) is 4.57. The topological polar surface area (TPSA) is 71.0 Å². The van der Waals surface area contributed by atoms with Crippen LogP contribution in [0.5, 0.6) is 5.75 Å². The van der Waals surface area contributed by atoms with Crippen molar-refractivity contribution in [1.82, 2.24) is 10.2 Å². The molecule has 126 valence electrons. The molecule has 2 N–H and O–H groups in total. The second kappa shape index (κ2) is 6.47. The van der Waals surface area contributed by atoms with Crippen LogP contribution in [0, 0.1) is 0 Å². The van der Waals surface area contributed by atoms with Crippen LogP contribution >= 0.6 is 0 Å². The van der Waals surface area contributed by atoms with Gasteiger partial charge in [0.15, 0.2) is 0 Å². The molecule has 1 amide bonds. The molecule has 6 heteroatoms. The molecule has 1 aromatic carbocycles. The molecule has 0 unspecified atom stereocenters. The van der Waals surface area contributed by atoms with Gasteiger partial charge in [0.1, 0.15) is 17.5 Å². The fourth-order valence-electron chi connectivity index (χ4n) is 3.57. The van der Waals surface area contributed by atoms with Crippen LogP contribution in [0.15, 0.2) is 24.3 Å². The van der Waals surface area contributed by atoms with Crippen molar-refractivity contribution < 1.29 is 19.4 Å². The van der Waals surface area contributed by atoms with Crippen LogP contribution in [0.3, 0.4) is 0 Å². The molecule has 2 aliphatic heterocycles. The summed E-state index contributed by atoms with van der Waals surface area (Å²) in [6, 6.07) is 7.95. The normalized spacial score (nSPS) is 30.1. The van der Waals surface area contributed by atoms with Crippen LogP contribution in [0.25, 0.3) is 0 Å². The maximum absolute atomic E-state index is 12.0. The number of nitrogens with zero attached hydrogens (tertiary/aromatic N) is 1. The van der Waals surface area contributed by atoms with E-state index in [0.717, 1.165) is 11.3 Å². The minimum Gasteiger partial charge on any atom is -0.497 e. The van der Waals surface area contributed by atoms with Gasteiger partial charge in [0.2, 0.25) is 5.91 Å². The molecule has 0 aliphatic carbocycles. The third-order valence-electron chi connectivity index (χ3n) is 4.87. The van der Waals surface area contributed by atoms with Gasteiger partial charge in [0, 0.05) is 12.5 Å². The Hall–Kier alpha value is -1.63. The highest BCUT2D eigenvalue weighted by Crippen LogP contribution is 2.42. The molecule has 2 heterocycles. The predicted molar refractivity (Wildman–Crippen MR) is 85.5 cm³/mol. The summed E-state index contributed by atoms with van der Waals surface area (Å²) in [6.45, 7) is 1.63. The summed E-state index contributed by atoms with van der Waals surface area (Å²) < 4.78 is 11.3. The number of amides is 1. The molecule has 2 fully saturated rings. The van der Waals surface area contributed by atoms with Crippen molar-refractivity contribution in [2.75, 3.05) is 40.4 Å². The number of aliphatic hydroxyl groups excluding tert-OH is 1. The number of ether oxygens (including phenoxy) is 2. The van der Waals surface area contributed by atoms with Crippen LogP contribution in [-0.4, -0.2) is 68.0 Å². The molecule has 1 aromatic rings. The number of carbonyl (C=O) groups is 1. The highest BCUT2D eigenvalue weighted by molar-refractivity contribution is 5.78. The predicted octanol–water partition coefficient (Wildman–Crippen LogP) is 0.360. The average molecular weight is 320 g/mol. The lowest BCUT2D eigenvalue weighted by Crippen LogP contribution is -2.42. The lowest BCUT2D eigenvalue weighted by atomic mass is 9.87. The number of hydrogen-bond acceptors (Lipinski definition) is 5. The molecule has 3 atom stereocenters. The highest BCUT2D eigenvalue weighted by atomic mass is 16.5. The third kappa shape index (κ3) is 3.06. The van der Waals surface area contributed by atoms with Crippen molar-refractivity contribution in [3.8, 4) is 5.75 Å². The van der Waals surface area contributed by atoms with Gasteiger partial charge in [-0.15, -0.1) is 0 Å². The molecular formula is C17H24N2O4. The van der Waals surface area contributed by atoms with Crippen LogP contribution in [-0.2, 0) is 9.53 Å². The summed E-state index contributed by atoms with van der Waals surface area (Å²) in [5.74, 6) is 1.03. The number of likely N-dealkylation sites (tertiary alicyclic amines) is 1. The Bertz CT molecular complexity index is 579. The Morgan fingerprint density at radius 3 is 3.13 bits per heavy atom. The van der Waals surface area contributed by atoms with Gasteiger partial charge in [-0.05, 0) is 31.2 Å². The van der Waals surface area contributed by atoms with E-state index >= 15 is 0 Å². The highest BCUT2D eigenvalue weighted by Gasteiger charge is 2.53. The van der Waals surface area contributed by atoms with E-state index < -0.39 is 11.7 Å². The molecule has 0 radical (unpaired) electrons. The van der Waals surface area contributed by atoms with E-state index in [1.807, 2.05) is 18.2 Å². The fraction of sp³-hybridized carbons (Fsp3) is 0.588. The first-order valence-electron chi connectivity index (χ1n) is 7.96. The van der Waals surface area contributed by atoms with Crippen LogP contribution in [0.2, 0.25) is 0 Å². The Balaban J connectivity index is 1.72. The molecule has 2 aliphatic rings. The van der Waals surface area contributed by atoms with Crippen molar-refractivity contribution >= 4 is 5.91 Å². The summed E-state index contributed by atoms with van der Waals surface area (Å²) in [6.07, 6.45) is 0.0731. The van der Waals surface area contributed by atoms with Gasteiger partial charge in [0.05, 0.1) is 26.8 Å². The number of benzene rings is 1. The zero-order valence-corrected chi connectivity index (χ0v) is 13.6. The first kappa shape index (κ1) is 16.2. The standard InChI is InChI=1S/C17H24N2O4/c1-18-8-16(21)19-9-15(20)17(11-19)7-13(10-23-17)12-4-3-5-14(6-12)22-2/h3-6,13,15,18,20H,7-11H2,1-2H3/t13-,15+,17+/m0/s1. The lowest BCUT2D eigenvalue weighted by Gasteiger charge is -2.26. The maximum Gasteiger partial charge on any atom is 0.236 e. The molecular weight excluding hydrogens is 296 g/mol. The zero-order chi connectivity index (χ0) is 16.4. The van der Waals surface area contributed by atoms with Gasteiger partial charge in [-0.3, -0.25) is 4.79 Å². The van der Waals surface area contributed by atoms with E-state index in [4.69, 9.17) is 9.47 Å². The van der Waals surface area contributed by atoms with Crippen LogP contribution < -0.4 is 10.1 Å². The SMILES string of the molecule is CNCC(=O)N1C[C@@H](O)[C@@]2(C[C@H](c3cccc(OC)c3)CO2)C1. The van der Waals surface area contributed by atoms with Crippen molar-refractivity contribution in [2.24, 2.45) is 0 Å². The molecule has 1 spiro atoms. The van der Waals surface area contributed by atoms with E-state index in [1.54, 1.807) is 19.1 Å². The van der Waals surface area contributed by atoms with Gasteiger partial charge in [0.25, 0.3) is 0 Å². The molecule has 3 rings (SSSR count). The van der Waals surface area contributed by atoms with Crippen molar-refractivity contribution in [2.45, 2.75) is 24.0 Å². The summed E-state index contributed by atoms with van der Waals surface area (Å²) in [5, 5.41) is 13.3. The summed E-state index contributed by atoms with van der Waals surface area (Å²) >= 11 is 0. The molecule has 23 heavy (non-hydrogen) atoms. The number of carbonyl (C=O) groups excluding carboxylic acids is 1. The largest absolute Gasteiger partial charge is 0.497 e. The summed E-state index contributed by atoms with van der Waals surface area (Å²) in [7, 11) is 3.39. The van der Waals surface area contributed by atoms with E-state index in [2.05, 4.69) is 11.4 Å². The lowest BCUT2D eigenvalue weighted by molar-refractivity contribution is -0.130. The number of methoxy groups -OCH3 is 1. The van der Waals surface area contributed by atoms with E-state index in [1.165, 1.54) is 0 Å². The average Bonchev–Trinajstić information content (AvgIpc) is 3.13. The molecule has 6 nitrogen and oxygen atoms in total. The van der Waals surface area contributed by atoms with E-state index in [-0.39, 0.29) is 18.4 Å². The van der Waals surface area contributed by atoms with Gasteiger partial charge in [-0.25, -0.2) is 0 Å². The van der Waals surface area contributed by atoms with Crippen LogP contribution in [0.1, 0.15) is 17.9 Å². The number of rotatable bonds is 4. The second-order valence-electron chi connectivity index (χ2n) is 6.37. The van der Waals surface area contributed by atoms with Crippen LogP contribution in [0.4, 0.5) is 0 Å². The Morgan fingerprint density at radius 1 is 1.57 bits per heavy atom. The number of hydrogen-bond donors (Lipinski definition) is 2. The fourth-order valence-corrected chi connectivity index (χ4v) is 3.57. The Labute approximate surface area is 136 Å². The zero-order valence-electron chi connectivity index (χ0n) is 13.6. The van der Waals surface area contributed by atoms with E-state index in [0.29, 0.717) is 26.1 Å². The number of β-amino-alcohol motifs (C(OH)–C–C–N with tert-alkyl or cyclic N) is 1. The summed E-state index contributed by atoms with van der Waals surface area (Å²) in [4.78, 5) is 13.7. The van der Waals surface area contributed by atoms with Gasteiger partial charge in [-0.2, -0.15) is 0 Å². The molecule has 0 aromatic heterocycles. The number of likely N-dealkylation sites (N-methyl/N-ethyl adjacent to an activating group) is 1. The molecule has 0 saturated carbocycles. The van der Waals surface area contributed by atoms with Crippen molar-refractivity contribution in [3.63, 3.8) is 0 Å². The van der Waals surface area contributed by atoms with E-state index in [9.17, 15) is 9.90 Å². The first-order valence-corrected chi connectivity index (χ1v) is 7.96. The van der Waals surface area contributed by atoms with Gasteiger partial charge < -0.3 is 24.8 Å². The smallest absolute Gasteiger partial charge is 0.236 e. The second-order valence-corrected chi connectivity index (χ2v) is 6.37. The minimum absolute atomic E-state index is 0.00291. The number of aliphatic hydroxyl groups is 1. The maximum atomic E-state index is 12.0. The van der Waals surface area contributed by atoms with Gasteiger partial charge >= 0.3 is 0 Å². The monoisotopic (exact) mass is 320 g/mol. The quantitative estimate of drug-likeness (QED) is 0.838. The Morgan fingerprint density at radius 2 is 2.39 bits per heavy atom. The molecule has 0 bridgehead atoms. The van der Waals surface area contributed by atoms with Gasteiger partial charge in [-0.1, -0.05) is 12.1 Å². The first-order chi connectivity index (χ1) is 11.1. The van der Waals surface area contributed by atoms with Crippen molar-refractivity contribution in [1.29, 1.82) is 0 Å².